The molecule has 0 aliphatic heterocycles. The number of hydrogen-bond donors (Lipinski definition) is 2. The fourth-order valence-corrected chi connectivity index (χ4v) is 1.06. The van der Waals surface area contributed by atoms with Crippen molar-refractivity contribution in [2.45, 2.75) is 13.0 Å². The number of aromatic hydroxyl groups is 1. The third-order valence-corrected chi connectivity index (χ3v) is 1.78. The summed E-state index contributed by atoms with van der Waals surface area (Å²) >= 11 is 0. The second-order valence-electron chi connectivity index (χ2n) is 2.81. The first-order valence-electron chi connectivity index (χ1n) is 3.86. The van der Waals surface area contributed by atoms with E-state index in [0.717, 1.165) is 11.1 Å². The Labute approximate surface area is 72.3 Å². The van der Waals surface area contributed by atoms with Gasteiger partial charge in [-0.25, -0.2) is 0 Å². The third kappa shape index (κ3) is 1.66. The summed E-state index contributed by atoms with van der Waals surface area (Å²) in [5, 5.41) is 9.39. The number of phenolic OH excluding ortho intramolecular Hbond substituents is 1. The lowest BCUT2D eigenvalue weighted by molar-refractivity contribution is 0.464. The van der Waals surface area contributed by atoms with Crippen molar-refractivity contribution in [3.63, 3.8) is 0 Å². The first kappa shape index (κ1) is 8.81. The fraction of sp³-hybridized carbons (Fsp3) is 0.200. The van der Waals surface area contributed by atoms with Crippen LogP contribution < -0.4 is 5.73 Å². The Hall–Kier alpha value is -1.28. The molecule has 0 heterocycles. The van der Waals surface area contributed by atoms with Crippen molar-refractivity contribution in [3.8, 4) is 5.75 Å². The van der Waals surface area contributed by atoms with Crippen molar-refractivity contribution in [1.82, 2.24) is 0 Å². The van der Waals surface area contributed by atoms with E-state index in [2.05, 4.69) is 6.58 Å². The van der Waals surface area contributed by atoms with Crippen LogP contribution in [0.5, 0.6) is 5.75 Å². The van der Waals surface area contributed by atoms with E-state index < -0.39 is 0 Å². The lowest BCUT2D eigenvalue weighted by atomic mass is 10.0. The fourth-order valence-electron chi connectivity index (χ4n) is 1.06. The molecule has 1 aromatic carbocycles. The minimum atomic E-state index is -0.148. The van der Waals surface area contributed by atoms with Gasteiger partial charge < -0.3 is 10.8 Å². The topological polar surface area (TPSA) is 46.2 Å². The minimum absolute atomic E-state index is 0.148. The van der Waals surface area contributed by atoms with E-state index in [-0.39, 0.29) is 11.8 Å². The predicted octanol–water partition coefficient (Wildman–Crippen LogP) is 2.05. The zero-order valence-corrected chi connectivity index (χ0v) is 7.12. The van der Waals surface area contributed by atoms with Crippen LogP contribution in [-0.2, 0) is 0 Å². The molecule has 0 spiro atoms. The summed E-state index contributed by atoms with van der Waals surface area (Å²) in [4.78, 5) is 0. The molecule has 12 heavy (non-hydrogen) atoms. The highest BCUT2D eigenvalue weighted by Crippen LogP contribution is 2.23. The number of nitrogens with two attached hydrogens (primary N) is 1. The average Bonchev–Trinajstić information content (AvgIpc) is 2.05. The van der Waals surface area contributed by atoms with Crippen LogP contribution in [0.3, 0.4) is 0 Å². The maximum atomic E-state index is 9.39. The van der Waals surface area contributed by atoms with Crippen molar-refractivity contribution in [1.29, 1.82) is 0 Å². The molecule has 0 amide bonds. The maximum Gasteiger partial charge on any atom is 0.120 e. The van der Waals surface area contributed by atoms with Gasteiger partial charge in [0.15, 0.2) is 0 Å². The molecule has 0 aliphatic rings. The van der Waals surface area contributed by atoms with Crippen LogP contribution in [-0.4, -0.2) is 5.11 Å². The highest BCUT2D eigenvalue weighted by atomic mass is 16.3. The number of rotatable bonds is 2. The Morgan fingerprint density at radius 3 is 2.75 bits per heavy atom. The van der Waals surface area contributed by atoms with Crippen LogP contribution in [0.1, 0.15) is 24.1 Å². The highest BCUT2D eigenvalue weighted by Gasteiger charge is 2.05. The van der Waals surface area contributed by atoms with Gasteiger partial charge >= 0.3 is 0 Å². The van der Waals surface area contributed by atoms with Crippen LogP contribution in [0.2, 0.25) is 0 Å². The summed E-state index contributed by atoms with van der Waals surface area (Å²) < 4.78 is 0. The molecule has 1 aromatic rings. The van der Waals surface area contributed by atoms with E-state index in [1.165, 1.54) is 0 Å². The lowest BCUT2D eigenvalue weighted by Gasteiger charge is -2.08. The molecule has 0 bridgehead atoms. The molecule has 0 aromatic heterocycles. The van der Waals surface area contributed by atoms with Crippen LogP contribution in [0, 0.1) is 0 Å². The van der Waals surface area contributed by atoms with E-state index in [1.807, 2.05) is 13.0 Å². The summed E-state index contributed by atoms with van der Waals surface area (Å²) in [6.07, 6.45) is 1.73. The minimum Gasteiger partial charge on any atom is -0.508 e. The highest BCUT2D eigenvalue weighted by molar-refractivity contribution is 5.51. The quantitative estimate of drug-likeness (QED) is 0.701. The summed E-state index contributed by atoms with van der Waals surface area (Å²) in [5.41, 5.74) is 7.37. The van der Waals surface area contributed by atoms with Crippen molar-refractivity contribution in [2.75, 3.05) is 0 Å². The summed E-state index contributed by atoms with van der Waals surface area (Å²) in [6.45, 7) is 5.47. The van der Waals surface area contributed by atoms with Crippen LogP contribution in [0.25, 0.3) is 6.08 Å². The van der Waals surface area contributed by atoms with Gasteiger partial charge in [-0.1, -0.05) is 18.7 Å². The SMILES string of the molecule is C=Cc1ccc(O)c(C(C)N)c1. The zero-order chi connectivity index (χ0) is 9.14. The molecule has 0 saturated carbocycles. The molecule has 1 atom stereocenters. The molecular weight excluding hydrogens is 150 g/mol. The van der Waals surface area contributed by atoms with Crippen LogP contribution >= 0.6 is 0 Å². The number of benzene rings is 1. The summed E-state index contributed by atoms with van der Waals surface area (Å²) in [5.74, 6) is 0.246. The lowest BCUT2D eigenvalue weighted by Crippen LogP contribution is -2.05. The number of phenols is 1. The van der Waals surface area contributed by atoms with E-state index in [1.54, 1.807) is 18.2 Å². The normalized spacial score (nSPS) is 12.5. The van der Waals surface area contributed by atoms with E-state index in [4.69, 9.17) is 5.73 Å². The molecule has 0 aliphatic carbocycles. The molecule has 0 fully saturated rings. The van der Waals surface area contributed by atoms with Gasteiger partial charge in [-0.2, -0.15) is 0 Å². The molecule has 64 valence electrons. The molecular formula is C10H13NO. The van der Waals surface area contributed by atoms with Gasteiger partial charge in [0.1, 0.15) is 5.75 Å². The molecule has 1 rings (SSSR count). The van der Waals surface area contributed by atoms with E-state index in [0.29, 0.717) is 0 Å². The zero-order valence-electron chi connectivity index (χ0n) is 7.12. The monoisotopic (exact) mass is 163 g/mol. The summed E-state index contributed by atoms with van der Waals surface area (Å²) in [6, 6.07) is 5.13. The molecule has 0 saturated heterocycles. The first-order valence-corrected chi connectivity index (χ1v) is 3.86. The maximum absolute atomic E-state index is 9.39. The van der Waals surface area contributed by atoms with Gasteiger partial charge in [-0.3, -0.25) is 0 Å². The van der Waals surface area contributed by atoms with Crippen LogP contribution in [0.4, 0.5) is 0 Å². The van der Waals surface area contributed by atoms with Gasteiger partial charge in [0.25, 0.3) is 0 Å². The summed E-state index contributed by atoms with van der Waals surface area (Å²) in [7, 11) is 0. The second-order valence-corrected chi connectivity index (χ2v) is 2.81. The molecule has 3 N–H and O–H groups in total. The third-order valence-electron chi connectivity index (χ3n) is 1.78. The van der Waals surface area contributed by atoms with Gasteiger partial charge in [-0.05, 0) is 24.6 Å². The van der Waals surface area contributed by atoms with Gasteiger partial charge in [-0.15, -0.1) is 0 Å². The van der Waals surface area contributed by atoms with Gasteiger partial charge in [0, 0.05) is 11.6 Å². The molecule has 1 unspecified atom stereocenters. The van der Waals surface area contributed by atoms with E-state index >= 15 is 0 Å². The van der Waals surface area contributed by atoms with Crippen molar-refractivity contribution >= 4 is 6.08 Å². The number of hydrogen-bond acceptors (Lipinski definition) is 2. The predicted molar refractivity (Wildman–Crippen MR) is 50.8 cm³/mol. The molecule has 0 radical (unpaired) electrons. The Morgan fingerprint density at radius 2 is 2.25 bits per heavy atom. The van der Waals surface area contributed by atoms with E-state index in [9.17, 15) is 5.11 Å². The van der Waals surface area contributed by atoms with Crippen molar-refractivity contribution in [2.24, 2.45) is 5.73 Å². The van der Waals surface area contributed by atoms with Gasteiger partial charge in [0.05, 0.1) is 0 Å². The Bertz CT molecular complexity index is 292. The molecule has 2 nitrogen and oxygen atoms in total. The Morgan fingerprint density at radius 1 is 1.58 bits per heavy atom. The second kappa shape index (κ2) is 3.41. The standard InChI is InChI=1S/C10H13NO/c1-3-8-4-5-10(12)9(6-8)7(2)11/h3-7,12H,1,11H2,2H3. The van der Waals surface area contributed by atoms with Crippen molar-refractivity contribution < 1.29 is 5.11 Å². The molecule has 2 heteroatoms. The van der Waals surface area contributed by atoms with Crippen LogP contribution in [0.15, 0.2) is 24.8 Å². The Kier molecular flexibility index (Phi) is 2.51. The van der Waals surface area contributed by atoms with Gasteiger partial charge in [0.2, 0.25) is 0 Å². The largest absolute Gasteiger partial charge is 0.508 e. The van der Waals surface area contributed by atoms with Crippen molar-refractivity contribution in [3.05, 3.63) is 35.9 Å². The Balaban J connectivity index is 3.16. The average molecular weight is 163 g/mol. The smallest absolute Gasteiger partial charge is 0.120 e. The first-order chi connectivity index (χ1) is 5.65.